The number of aromatic nitrogens is 3. The van der Waals surface area contributed by atoms with Crippen LogP contribution in [0.1, 0.15) is 24.5 Å². The Bertz CT molecular complexity index is 722. The topological polar surface area (TPSA) is 94.2 Å². The van der Waals surface area contributed by atoms with Crippen LogP contribution in [0.2, 0.25) is 0 Å². The first-order valence-corrected chi connectivity index (χ1v) is 7.97. The van der Waals surface area contributed by atoms with Crippen molar-refractivity contribution in [3.63, 3.8) is 0 Å². The average Bonchev–Trinajstić information content (AvgIpc) is 3.10. The number of amides is 1. The molecule has 126 valence electrons. The molecule has 3 heterocycles. The second-order valence-electron chi connectivity index (χ2n) is 5.86. The summed E-state index contributed by atoms with van der Waals surface area (Å²) in [5, 5.41) is 0. The maximum Gasteiger partial charge on any atom is 0.224 e. The first-order valence-electron chi connectivity index (χ1n) is 7.97. The summed E-state index contributed by atoms with van der Waals surface area (Å²) in [5.74, 6) is 0.789. The molecule has 0 aliphatic carbocycles. The summed E-state index contributed by atoms with van der Waals surface area (Å²) in [6.45, 7) is 1.87. The van der Waals surface area contributed by atoms with Crippen molar-refractivity contribution >= 4 is 11.7 Å². The summed E-state index contributed by atoms with van der Waals surface area (Å²) in [6.07, 6.45) is 6.34. The minimum Gasteiger partial charge on any atom is -0.384 e. The number of rotatable bonds is 5. The molecule has 0 spiro atoms. The maximum atomic E-state index is 12.2. The number of hydrogen-bond donors (Lipinski definition) is 1. The van der Waals surface area contributed by atoms with Crippen molar-refractivity contribution in [2.75, 3.05) is 32.5 Å². The van der Waals surface area contributed by atoms with Crippen LogP contribution >= 0.6 is 0 Å². The molecule has 0 radical (unpaired) electrons. The number of likely N-dealkylation sites (tertiary alicyclic amines) is 1. The molecule has 2 N–H and O–H groups in total. The van der Waals surface area contributed by atoms with Gasteiger partial charge in [0.1, 0.15) is 12.1 Å². The second kappa shape index (κ2) is 7.35. The maximum absolute atomic E-state index is 12.2. The van der Waals surface area contributed by atoms with Crippen molar-refractivity contribution in [3.8, 4) is 11.1 Å². The number of methoxy groups -OCH3 is 1. The lowest BCUT2D eigenvalue weighted by Gasteiger charge is -2.17. The lowest BCUT2D eigenvalue weighted by molar-refractivity contribution is -0.131. The summed E-state index contributed by atoms with van der Waals surface area (Å²) >= 11 is 0. The van der Waals surface area contributed by atoms with E-state index in [9.17, 15) is 4.79 Å². The van der Waals surface area contributed by atoms with Crippen molar-refractivity contribution in [1.82, 2.24) is 19.9 Å². The van der Waals surface area contributed by atoms with Crippen molar-refractivity contribution in [1.29, 1.82) is 0 Å². The Morgan fingerprint density at radius 3 is 3.12 bits per heavy atom. The van der Waals surface area contributed by atoms with Gasteiger partial charge in [-0.05, 0) is 24.1 Å². The molecule has 0 saturated carbocycles. The van der Waals surface area contributed by atoms with Crippen LogP contribution in [-0.2, 0) is 9.53 Å². The summed E-state index contributed by atoms with van der Waals surface area (Å²) in [6, 6.07) is 3.72. The van der Waals surface area contributed by atoms with E-state index in [1.807, 2.05) is 17.0 Å². The Morgan fingerprint density at radius 1 is 1.46 bits per heavy atom. The zero-order valence-corrected chi connectivity index (χ0v) is 13.7. The molecule has 1 aliphatic rings. The van der Waals surface area contributed by atoms with Crippen LogP contribution in [0.3, 0.4) is 0 Å². The third-order valence-corrected chi connectivity index (χ3v) is 4.28. The SMILES string of the molecule is COCCC(=O)N1CC[C@H](c2ncncc2-c2ccnc(N)c2)C1. The standard InChI is InChI=1S/C17H21N5O2/c1-24-7-4-16(23)22-6-3-13(10-22)17-14(9-19-11-21-17)12-2-5-20-15(18)8-12/h2,5,8-9,11,13H,3-4,6-7,10H2,1H3,(H2,18,20)/t13-/m0/s1. The fourth-order valence-electron chi connectivity index (χ4n) is 3.06. The molecule has 2 aromatic rings. The van der Waals surface area contributed by atoms with Gasteiger partial charge in [0, 0.05) is 44.1 Å². The fourth-order valence-corrected chi connectivity index (χ4v) is 3.06. The lowest BCUT2D eigenvalue weighted by atomic mass is 9.96. The van der Waals surface area contributed by atoms with Crippen LogP contribution in [0.15, 0.2) is 30.9 Å². The van der Waals surface area contributed by atoms with Crippen LogP contribution in [-0.4, -0.2) is 52.6 Å². The number of carbonyl (C=O) groups excluding carboxylic acids is 1. The van der Waals surface area contributed by atoms with Gasteiger partial charge < -0.3 is 15.4 Å². The normalized spacial score (nSPS) is 17.2. The molecule has 1 atom stereocenters. The number of nitrogens with two attached hydrogens (primary N) is 1. The second-order valence-corrected chi connectivity index (χ2v) is 5.86. The number of carbonyl (C=O) groups is 1. The first kappa shape index (κ1) is 16.3. The number of anilines is 1. The number of hydrogen-bond acceptors (Lipinski definition) is 6. The van der Waals surface area contributed by atoms with Gasteiger partial charge in [-0.2, -0.15) is 0 Å². The van der Waals surface area contributed by atoms with Gasteiger partial charge in [-0.25, -0.2) is 15.0 Å². The molecule has 1 saturated heterocycles. The molecule has 1 fully saturated rings. The molecule has 3 rings (SSSR count). The zero-order valence-electron chi connectivity index (χ0n) is 13.7. The highest BCUT2D eigenvalue weighted by Gasteiger charge is 2.29. The summed E-state index contributed by atoms with van der Waals surface area (Å²) in [5.41, 5.74) is 8.64. The monoisotopic (exact) mass is 327 g/mol. The number of ether oxygens (including phenoxy) is 1. The number of pyridine rings is 1. The Kier molecular flexibility index (Phi) is 5.00. The van der Waals surface area contributed by atoms with Gasteiger partial charge in [0.25, 0.3) is 0 Å². The summed E-state index contributed by atoms with van der Waals surface area (Å²) in [7, 11) is 1.60. The van der Waals surface area contributed by atoms with Gasteiger partial charge in [-0.3, -0.25) is 4.79 Å². The fraction of sp³-hybridized carbons (Fsp3) is 0.412. The van der Waals surface area contributed by atoms with Crippen LogP contribution in [0.4, 0.5) is 5.82 Å². The van der Waals surface area contributed by atoms with Gasteiger partial charge in [-0.15, -0.1) is 0 Å². The van der Waals surface area contributed by atoms with Crippen molar-refractivity contribution in [3.05, 3.63) is 36.5 Å². The van der Waals surface area contributed by atoms with Crippen molar-refractivity contribution in [2.24, 2.45) is 0 Å². The predicted molar refractivity (Wildman–Crippen MR) is 90.1 cm³/mol. The van der Waals surface area contributed by atoms with Crippen LogP contribution < -0.4 is 5.73 Å². The van der Waals surface area contributed by atoms with Gasteiger partial charge >= 0.3 is 0 Å². The molecule has 24 heavy (non-hydrogen) atoms. The predicted octanol–water partition coefficient (Wildman–Crippen LogP) is 1.47. The van der Waals surface area contributed by atoms with Crippen molar-refractivity contribution < 1.29 is 9.53 Å². The van der Waals surface area contributed by atoms with E-state index in [1.54, 1.807) is 25.8 Å². The van der Waals surface area contributed by atoms with Crippen LogP contribution in [0.5, 0.6) is 0 Å². The zero-order chi connectivity index (χ0) is 16.9. The van der Waals surface area contributed by atoms with Gasteiger partial charge in [-0.1, -0.05) is 0 Å². The summed E-state index contributed by atoms with van der Waals surface area (Å²) in [4.78, 5) is 26.7. The first-order chi connectivity index (χ1) is 11.7. The van der Waals surface area contributed by atoms with Gasteiger partial charge in [0.2, 0.25) is 5.91 Å². The van der Waals surface area contributed by atoms with E-state index in [-0.39, 0.29) is 11.8 Å². The molecule has 7 heteroatoms. The van der Waals surface area contributed by atoms with E-state index in [0.717, 1.165) is 29.8 Å². The summed E-state index contributed by atoms with van der Waals surface area (Å²) < 4.78 is 4.99. The Labute approximate surface area is 140 Å². The third-order valence-electron chi connectivity index (χ3n) is 4.28. The highest BCUT2D eigenvalue weighted by atomic mass is 16.5. The molecular weight excluding hydrogens is 306 g/mol. The quantitative estimate of drug-likeness (QED) is 0.894. The van der Waals surface area contributed by atoms with E-state index >= 15 is 0 Å². The Hall–Kier alpha value is -2.54. The molecule has 1 amide bonds. The van der Waals surface area contributed by atoms with E-state index in [0.29, 0.717) is 25.4 Å². The number of nitrogens with zero attached hydrogens (tertiary/aromatic N) is 4. The molecule has 7 nitrogen and oxygen atoms in total. The molecule has 0 unspecified atom stereocenters. The van der Waals surface area contributed by atoms with E-state index < -0.39 is 0 Å². The average molecular weight is 327 g/mol. The van der Waals surface area contributed by atoms with Gasteiger partial charge in [0.05, 0.1) is 18.7 Å². The lowest BCUT2D eigenvalue weighted by Crippen LogP contribution is -2.29. The van der Waals surface area contributed by atoms with Crippen LogP contribution in [0, 0.1) is 0 Å². The van der Waals surface area contributed by atoms with E-state index in [4.69, 9.17) is 10.5 Å². The van der Waals surface area contributed by atoms with Gasteiger partial charge in [0.15, 0.2) is 0 Å². The minimum atomic E-state index is 0.128. The molecule has 0 aromatic carbocycles. The third kappa shape index (κ3) is 3.51. The van der Waals surface area contributed by atoms with Crippen molar-refractivity contribution in [2.45, 2.75) is 18.8 Å². The highest BCUT2D eigenvalue weighted by Crippen LogP contribution is 2.33. The Balaban J connectivity index is 1.80. The minimum absolute atomic E-state index is 0.128. The largest absolute Gasteiger partial charge is 0.384 e. The molecule has 1 aliphatic heterocycles. The number of nitrogen functional groups attached to an aromatic ring is 1. The highest BCUT2D eigenvalue weighted by molar-refractivity contribution is 5.77. The van der Waals surface area contributed by atoms with Crippen LogP contribution in [0.25, 0.3) is 11.1 Å². The Morgan fingerprint density at radius 2 is 2.33 bits per heavy atom. The molecule has 0 bridgehead atoms. The smallest absolute Gasteiger partial charge is 0.224 e. The molecule has 2 aromatic heterocycles. The van der Waals surface area contributed by atoms with E-state index in [2.05, 4.69) is 15.0 Å². The van der Waals surface area contributed by atoms with E-state index in [1.165, 1.54) is 0 Å². The molecular formula is C17H21N5O2.